The molecule has 0 bridgehead atoms. The van der Waals surface area contributed by atoms with Crippen LogP contribution in [0.4, 0.5) is 0 Å². The van der Waals surface area contributed by atoms with Crippen molar-refractivity contribution in [2.75, 3.05) is 32.7 Å². The standard InChI is InChI=1S/C25H35N9O5S/c1-12-20-19(13(2)29-18(35)10-33-11-28-30-31-33)24(37)34(20)21(25(38)39)22(12)40-16-5-17(27-8-16)23(36)32-4-3-14-6-26-7-15(14)9-32/h11-17,19-20,26-27H,3-10H2,1-2H3,(H,29,35)(H,38,39)/t12-,13-,14?,15?,16+,17+,19-,20-/m1/s1. The van der Waals surface area contributed by atoms with Crippen LogP contribution in [0.1, 0.15) is 26.7 Å². The summed E-state index contributed by atoms with van der Waals surface area (Å²) >= 11 is 1.47. The van der Waals surface area contributed by atoms with Crippen LogP contribution in [-0.4, -0.2) is 115 Å². The maximum absolute atomic E-state index is 13.3. The SMILES string of the molecule is C[C@@H](NC(=O)Cn1cnnn1)[C@H]1C(=O)N2C(C(=O)O)=C(S[C@@H]3CN[C@H](C(=O)N4CCC5CNCC5C4)C3)[C@H](C)[C@H]12. The molecule has 1 aromatic rings. The Morgan fingerprint density at radius 2 is 2.05 bits per heavy atom. The minimum atomic E-state index is -1.13. The molecule has 0 spiro atoms. The number of thioether (sulfide) groups is 1. The van der Waals surface area contributed by atoms with Crippen molar-refractivity contribution in [3.8, 4) is 0 Å². The number of β-lactam (4-membered cyclic amide) rings is 1. The summed E-state index contributed by atoms with van der Waals surface area (Å²) in [6.07, 6.45) is 2.97. The summed E-state index contributed by atoms with van der Waals surface area (Å²) in [6.45, 7) is 7.81. The van der Waals surface area contributed by atoms with Crippen LogP contribution in [0.2, 0.25) is 0 Å². The summed E-state index contributed by atoms with van der Waals surface area (Å²) in [5.74, 6) is -1.20. The summed E-state index contributed by atoms with van der Waals surface area (Å²) in [5.41, 5.74) is 0.0292. The van der Waals surface area contributed by atoms with Gasteiger partial charge < -0.3 is 30.9 Å². The van der Waals surface area contributed by atoms with E-state index in [2.05, 4.69) is 31.5 Å². The third-order valence-corrected chi connectivity index (χ3v) is 10.6. The van der Waals surface area contributed by atoms with E-state index in [-0.39, 0.29) is 53.2 Å². The summed E-state index contributed by atoms with van der Waals surface area (Å²) in [5, 5.41) is 30.4. The number of carbonyl (C=O) groups excluding carboxylic acids is 3. The van der Waals surface area contributed by atoms with Gasteiger partial charge in [-0.2, -0.15) is 0 Å². The predicted molar refractivity (Wildman–Crippen MR) is 142 cm³/mol. The highest BCUT2D eigenvalue weighted by molar-refractivity contribution is 8.03. The van der Waals surface area contributed by atoms with E-state index in [4.69, 9.17) is 0 Å². The number of tetrazole rings is 1. The second-order valence-corrected chi connectivity index (χ2v) is 12.9. The third kappa shape index (κ3) is 4.77. The van der Waals surface area contributed by atoms with E-state index in [1.165, 1.54) is 27.7 Å². The number of amides is 3. The first-order valence-corrected chi connectivity index (χ1v) is 14.8. The van der Waals surface area contributed by atoms with Crippen molar-refractivity contribution < 1.29 is 24.3 Å². The number of hydrogen-bond acceptors (Lipinski definition) is 10. The van der Waals surface area contributed by atoms with Crippen LogP contribution in [0.5, 0.6) is 0 Å². The van der Waals surface area contributed by atoms with Crippen molar-refractivity contribution in [3.05, 3.63) is 16.9 Å². The van der Waals surface area contributed by atoms with E-state index in [1.54, 1.807) is 6.92 Å². The highest BCUT2D eigenvalue weighted by atomic mass is 32.2. The van der Waals surface area contributed by atoms with Crippen LogP contribution in [0.3, 0.4) is 0 Å². The fourth-order valence-electron chi connectivity index (χ4n) is 7.10. The highest BCUT2D eigenvalue weighted by Gasteiger charge is 2.60. The first-order valence-electron chi connectivity index (χ1n) is 13.9. The number of nitrogens with one attached hydrogen (secondary N) is 3. The molecule has 1 aromatic heterocycles. The number of aliphatic carboxylic acids is 1. The molecule has 6 rings (SSSR count). The Bertz CT molecular complexity index is 1230. The largest absolute Gasteiger partial charge is 0.477 e. The molecule has 3 amide bonds. The summed E-state index contributed by atoms with van der Waals surface area (Å²) in [7, 11) is 0. The number of hydrogen-bond donors (Lipinski definition) is 4. The first-order chi connectivity index (χ1) is 19.2. The summed E-state index contributed by atoms with van der Waals surface area (Å²) < 4.78 is 1.29. The lowest BCUT2D eigenvalue weighted by Gasteiger charge is -2.47. The van der Waals surface area contributed by atoms with Gasteiger partial charge in [0, 0.05) is 41.7 Å². The number of aromatic nitrogens is 4. The van der Waals surface area contributed by atoms with E-state index in [0.717, 1.165) is 32.6 Å². The molecule has 8 atom stereocenters. The number of carbonyl (C=O) groups is 4. The van der Waals surface area contributed by atoms with Gasteiger partial charge >= 0.3 is 5.97 Å². The van der Waals surface area contributed by atoms with Gasteiger partial charge in [-0.1, -0.05) is 6.92 Å². The van der Waals surface area contributed by atoms with Crippen LogP contribution in [0, 0.1) is 23.7 Å². The van der Waals surface area contributed by atoms with Gasteiger partial charge in [0.2, 0.25) is 17.7 Å². The van der Waals surface area contributed by atoms with Crippen LogP contribution >= 0.6 is 11.8 Å². The Morgan fingerprint density at radius 3 is 2.80 bits per heavy atom. The Balaban J connectivity index is 1.08. The lowest BCUT2D eigenvalue weighted by Crippen LogP contribution is -2.66. The Kier molecular flexibility index (Phi) is 7.29. The average Bonchev–Trinajstić information content (AvgIpc) is 3.71. The van der Waals surface area contributed by atoms with Gasteiger partial charge in [-0.3, -0.25) is 14.4 Å². The van der Waals surface area contributed by atoms with Crippen molar-refractivity contribution in [1.29, 1.82) is 0 Å². The zero-order chi connectivity index (χ0) is 28.1. The maximum atomic E-state index is 13.3. The van der Waals surface area contributed by atoms with Crippen LogP contribution in [0.25, 0.3) is 0 Å². The molecule has 216 valence electrons. The molecular weight excluding hydrogens is 538 g/mol. The second-order valence-electron chi connectivity index (χ2n) is 11.6. The maximum Gasteiger partial charge on any atom is 0.353 e. The number of likely N-dealkylation sites (tertiary alicyclic amines) is 1. The molecule has 4 fully saturated rings. The van der Waals surface area contributed by atoms with Crippen molar-refractivity contribution in [1.82, 2.24) is 46.0 Å². The van der Waals surface area contributed by atoms with Crippen LogP contribution in [-0.2, 0) is 25.7 Å². The molecule has 14 nitrogen and oxygen atoms in total. The van der Waals surface area contributed by atoms with Gasteiger partial charge in [0.05, 0.1) is 18.0 Å². The van der Waals surface area contributed by atoms with Gasteiger partial charge in [0.1, 0.15) is 18.6 Å². The smallest absolute Gasteiger partial charge is 0.353 e. The Hall–Kier alpha value is -3.04. The second kappa shape index (κ2) is 10.7. The van der Waals surface area contributed by atoms with Crippen molar-refractivity contribution in [2.45, 2.75) is 56.6 Å². The van der Waals surface area contributed by atoms with Gasteiger partial charge in [-0.15, -0.1) is 16.9 Å². The van der Waals surface area contributed by atoms with E-state index in [9.17, 15) is 24.3 Å². The van der Waals surface area contributed by atoms with Crippen LogP contribution < -0.4 is 16.0 Å². The van der Waals surface area contributed by atoms with Gasteiger partial charge in [0.15, 0.2) is 0 Å². The minimum absolute atomic E-state index is 0.0205. The Morgan fingerprint density at radius 1 is 1.25 bits per heavy atom. The lowest BCUT2D eigenvalue weighted by atomic mass is 9.78. The number of carboxylic acid groups (broad SMARTS) is 1. The number of rotatable bonds is 8. The molecule has 15 heteroatoms. The zero-order valence-corrected chi connectivity index (χ0v) is 23.3. The predicted octanol–water partition coefficient (Wildman–Crippen LogP) is -1.52. The minimum Gasteiger partial charge on any atom is -0.477 e. The van der Waals surface area contributed by atoms with Gasteiger partial charge in [-0.05, 0) is 55.1 Å². The quantitative estimate of drug-likeness (QED) is 0.266. The molecule has 40 heavy (non-hydrogen) atoms. The van der Waals surface area contributed by atoms with E-state index in [1.807, 2.05) is 11.8 Å². The molecular formula is C25H35N9O5S. The molecule has 4 N–H and O–H groups in total. The van der Waals surface area contributed by atoms with Gasteiger partial charge in [-0.25, -0.2) is 9.48 Å². The molecule has 2 unspecified atom stereocenters. The third-order valence-electron chi connectivity index (χ3n) is 9.11. The number of piperidine rings is 1. The topological polar surface area (TPSA) is 175 Å². The van der Waals surface area contributed by atoms with Crippen molar-refractivity contribution >= 4 is 35.5 Å². The fraction of sp³-hybridized carbons (Fsp3) is 0.720. The number of nitrogens with zero attached hydrogens (tertiary/aromatic N) is 6. The Labute approximate surface area is 235 Å². The molecule has 5 aliphatic heterocycles. The monoisotopic (exact) mass is 573 g/mol. The van der Waals surface area contributed by atoms with Gasteiger partial charge in [0.25, 0.3) is 0 Å². The molecule has 6 heterocycles. The lowest BCUT2D eigenvalue weighted by molar-refractivity contribution is -0.158. The molecule has 4 saturated heterocycles. The average molecular weight is 574 g/mol. The number of fused-ring (bicyclic) bond motifs is 2. The molecule has 0 saturated carbocycles. The summed E-state index contributed by atoms with van der Waals surface area (Å²) in [4.78, 5) is 55.3. The number of carboxylic acids is 1. The summed E-state index contributed by atoms with van der Waals surface area (Å²) in [6, 6.07) is -1.12. The molecule has 0 aromatic carbocycles. The first kappa shape index (κ1) is 27.1. The van der Waals surface area contributed by atoms with Crippen molar-refractivity contribution in [2.24, 2.45) is 23.7 Å². The van der Waals surface area contributed by atoms with Crippen LogP contribution in [0.15, 0.2) is 16.9 Å². The normalized spacial score (nSPS) is 34.0. The fourth-order valence-corrected chi connectivity index (χ4v) is 8.58. The van der Waals surface area contributed by atoms with E-state index >= 15 is 0 Å². The van der Waals surface area contributed by atoms with E-state index in [0.29, 0.717) is 29.7 Å². The molecule has 0 aliphatic carbocycles. The van der Waals surface area contributed by atoms with E-state index < -0.39 is 17.9 Å². The zero-order valence-electron chi connectivity index (χ0n) is 22.5. The molecule has 0 radical (unpaired) electrons. The molecule has 5 aliphatic rings. The van der Waals surface area contributed by atoms with Crippen molar-refractivity contribution in [3.63, 3.8) is 0 Å². The highest BCUT2D eigenvalue weighted by Crippen LogP contribution is 2.52.